The number of carbonyl (C=O) groups is 2. The van der Waals surface area contributed by atoms with Gasteiger partial charge in [-0.05, 0) is 42.0 Å². The molecule has 7 heteroatoms. The van der Waals surface area contributed by atoms with Gasteiger partial charge in [-0.25, -0.2) is 0 Å². The molecule has 0 saturated carbocycles. The average Bonchev–Trinajstić information content (AvgIpc) is 2.87. The molecule has 2 atom stereocenters. The fourth-order valence-corrected chi connectivity index (χ4v) is 3.52. The van der Waals surface area contributed by atoms with Crippen LogP contribution in [-0.4, -0.2) is 37.7 Å². The number of nitrogens with zero attached hydrogens (tertiary/aromatic N) is 1. The van der Waals surface area contributed by atoms with E-state index < -0.39 is 6.10 Å². The number of nitrogens with one attached hydrogen (secondary N) is 2. The first kappa shape index (κ1) is 22.1. The summed E-state index contributed by atoms with van der Waals surface area (Å²) in [5.41, 5.74) is 7.89. The summed E-state index contributed by atoms with van der Waals surface area (Å²) in [6.45, 7) is -0.248. The molecule has 0 bridgehead atoms. The molecule has 3 aromatic carbocycles. The van der Waals surface area contributed by atoms with Crippen molar-refractivity contribution < 1.29 is 19.1 Å². The lowest BCUT2D eigenvalue weighted by Crippen LogP contribution is -2.65. The SMILES string of the molecule is COc1ccc(N2C(=O)[C@@H](OCC(=O)NNc3ccccc3)[C@H]2/C=C/c2ccccc2)cc1. The highest BCUT2D eigenvalue weighted by Crippen LogP contribution is 2.32. The molecule has 0 radical (unpaired) electrons. The van der Waals surface area contributed by atoms with Crippen LogP contribution in [0.2, 0.25) is 0 Å². The van der Waals surface area contributed by atoms with Crippen LogP contribution in [0.1, 0.15) is 5.56 Å². The van der Waals surface area contributed by atoms with Crippen molar-refractivity contribution in [2.24, 2.45) is 0 Å². The third-order valence-corrected chi connectivity index (χ3v) is 5.24. The average molecular weight is 444 g/mol. The zero-order valence-electron chi connectivity index (χ0n) is 18.2. The predicted molar refractivity (Wildman–Crippen MR) is 128 cm³/mol. The number of anilines is 2. The minimum atomic E-state index is -0.755. The van der Waals surface area contributed by atoms with Crippen molar-refractivity contribution in [1.29, 1.82) is 0 Å². The first-order valence-corrected chi connectivity index (χ1v) is 10.6. The van der Waals surface area contributed by atoms with Gasteiger partial charge in [-0.2, -0.15) is 0 Å². The first-order valence-electron chi connectivity index (χ1n) is 10.6. The number of ether oxygens (including phenoxy) is 2. The zero-order valence-corrected chi connectivity index (χ0v) is 18.2. The Bertz CT molecular complexity index is 1100. The van der Waals surface area contributed by atoms with E-state index in [1.807, 2.05) is 84.9 Å². The van der Waals surface area contributed by atoms with E-state index in [0.717, 1.165) is 16.9 Å². The molecule has 1 aliphatic rings. The van der Waals surface area contributed by atoms with Crippen molar-refractivity contribution in [3.63, 3.8) is 0 Å². The van der Waals surface area contributed by atoms with Crippen LogP contribution in [0.3, 0.4) is 0 Å². The van der Waals surface area contributed by atoms with Crippen molar-refractivity contribution in [1.82, 2.24) is 5.43 Å². The van der Waals surface area contributed by atoms with Gasteiger partial charge < -0.3 is 9.47 Å². The molecule has 1 saturated heterocycles. The lowest BCUT2D eigenvalue weighted by atomic mass is 9.95. The summed E-state index contributed by atoms with van der Waals surface area (Å²) in [6, 6.07) is 26.0. The van der Waals surface area contributed by atoms with Crippen LogP contribution in [-0.2, 0) is 14.3 Å². The number of rotatable bonds is 9. The molecule has 2 amide bonds. The van der Waals surface area contributed by atoms with Gasteiger partial charge in [-0.1, -0.05) is 60.7 Å². The second-order valence-electron chi connectivity index (χ2n) is 7.44. The van der Waals surface area contributed by atoms with E-state index >= 15 is 0 Å². The van der Waals surface area contributed by atoms with Crippen LogP contribution in [0, 0.1) is 0 Å². The summed E-state index contributed by atoms with van der Waals surface area (Å²) in [4.78, 5) is 26.8. The number of carbonyl (C=O) groups excluding carboxylic acids is 2. The number of hydrogen-bond acceptors (Lipinski definition) is 5. The van der Waals surface area contributed by atoms with Gasteiger partial charge in [0.25, 0.3) is 11.8 Å². The number of amides is 2. The Morgan fingerprint density at radius 1 is 0.970 bits per heavy atom. The Kier molecular flexibility index (Phi) is 7.02. The van der Waals surface area contributed by atoms with Crippen molar-refractivity contribution >= 4 is 29.3 Å². The van der Waals surface area contributed by atoms with Crippen LogP contribution in [0.25, 0.3) is 6.08 Å². The Morgan fingerprint density at radius 2 is 1.64 bits per heavy atom. The highest BCUT2D eigenvalue weighted by Gasteiger charge is 2.47. The van der Waals surface area contributed by atoms with Gasteiger partial charge in [0.15, 0.2) is 6.10 Å². The molecule has 0 spiro atoms. The van der Waals surface area contributed by atoms with Gasteiger partial charge in [-0.3, -0.25) is 25.3 Å². The summed E-state index contributed by atoms with van der Waals surface area (Å²) in [6.07, 6.45) is 3.11. The molecular weight excluding hydrogens is 418 g/mol. The number of para-hydroxylation sites is 1. The van der Waals surface area contributed by atoms with Gasteiger partial charge in [0.1, 0.15) is 12.4 Å². The Labute approximate surface area is 192 Å². The van der Waals surface area contributed by atoms with Crippen LogP contribution < -0.4 is 20.5 Å². The highest BCUT2D eigenvalue weighted by atomic mass is 16.5. The van der Waals surface area contributed by atoms with Crippen LogP contribution in [0.5, 0.6) is 5.75 Å². The molecule has 33 heavy (non-hydrogen) atoms. The minimum absolute atomic E-state index is 0.202. The van der Waals surface area contributed by atoms with E-state index in [-0.39, 0.29) is 24.5 Å². The summed E-state index contributed by atoms with van der Waals surface area (Å²) < 4.78 is 10.9. The number of hydrazine groups is 1. The maximum absolute atomic E-state index is 12.9. The number of β-lactam (4-membered cyclic amide) rings is 1. The summed E-state index contributed by atoms with van der Waals surface area (Å²) >= 11 is 0. The highest BCUT2D eigenvalue weighted by molar-refractivity contribution is 6.06. The van der Waals surface area contributed by atoms with Crippen molar-refractivity contribution in [2.75, 3.05) is 24.0 Å². The molecule has 3 aromatic rings. The fourth-order valence-electron chi connectivity index (χ4n) is 3.52. The molecular formula is C26H25N3O4. The second kappa shape index (κ2) is 10.5. The van der Waals surface area contributed by atoms with Gasteiger partial charge in [-0.15, -0.1) is 0 Å². The molecule has 0 aliphatic carbocycles. The minimum Gasteiger partial charge on any atom is -0.497 e. The van der Waals surface area contributed by atoms with E-state index in [1.54, 1.807) is 24.1 Å². The molecule has 1 heterocycles. The molecule has 1 aliphatic heterocycles. The summed E-state index contributed by atoms with van der Waals surface area (Å²) in [5, 5.41) is 0. The number of hydrogen-bond donors (Lipinski definition) is 2. The maximum Gasteiger partial charge on any atom is 0.264 e. The summed E-state index contributed by atoms with van der Waals surface area (Å²) in [7, 11) is 1.59. The molecule has 7 nitrogen and oxygen atoms in total. The fraction of sp³-hybridized carbons (Fsp3) is 0.154. The normalized spacial score (nSPS) is 17.5. The van der Waals surface area contributed by atoms with Crippen LogP contribution >= 0.6 is 0 Å². The van der Waals surface area contributed by atoms with Gasteiger partial charge in [0.05, 0.1) is 18.8 Å². The third kappa shape index (κ3) is 5.39. The largest absolute Gasteiger partial charge is 0.497 e. The molecule has 0 aromatic heterocycles. The Morgan fingerprint density at radius 3 is 2.30 bits per heavy atom. The predicted octanol–water partition coefficient (Wildman–Crippen LogP) is 3.65. The Balaban J connectivity index is 1.43. The molecule has 168 valence electrons. The van der Waals surface area contributed by atoms with Crippen molar-refractivity contribution in [3.8, 4) is 5.75 Å². The molecule has 1 fully saturated rings. The first-order chi connectivity index (χ1) is 16.2. The monoisotopic (exact) mass is 443 g/mol. The number of benzene rings is 3. The van der Waals surface area contributed by atoms with E-state index in [0.29, 0.717) is 5.75 Å². The molecule has 2 N–H and O–H groups in total. The second-order valence-corrected chi connectivity index (χ2v) is 7.44. The lowest BCUT2D eigenvalue weighted by molar-refractivity contribution is -0.144. The standard InChI is InChI=1S/C26H25N3O4/c1-32-22-15-13-21(14-16-22)29-23(17-12-19-8-4-2-5-9-19)25(26(29)31)33-18-24(30)28-27-20-10-6-3-7-11-20/h2-17,23,25,27H,18H2,1H3,(H,28,30)/b17-12+/t23-,25+/m1/s1. The zero-order chi connectivity index (χ0) is 23.0. The van der Waals surface area contributed by atoms with E-state index in [9.17, 15) is 9.59 Å². The van der Waals surface area contributed by atoms with Gasteiger partial charge >= 0.3 is 0 Å². The molecule has 4 rings (SSSR count). The van der Waals surface area contributed by atoms with Crippen molar-refractivity contribution in [3.05, 3.63) is 96.6 Å². The number of methoxy groups -OCH3 is 1. The topological polar surface area (TPSA) is 79.9 Å². The Hall–Kier alpha value is -4.10. The maximum atomic E-state index is 12.9. The third-order valence-electron chi connectivity index (χ3n) is 5.24. The van der Waals surface area contributed by atoms with Crippen molar-refractivity contribution in [2.45, 2.75) is 12.1 Å². The quantitative estimate of drug-likeness (QED) is 0.390. The van der Waals surface area contributed by atoms with E-state index in [4.69, 9.17) is 9.47 Å². The van der Waals surface area contributed by atoms with E-state index in [1.165, 1.54) is 0 Å². The van der Waals surface area contributed by atoms with Gasteiger partial charge in [0.2, 0.25) is 0 Å². The summed E-state index contributed by atoms with van der Waals surface area (Å²) in [5.74, 6) is 0.130. The van der Waals surface area contributed by atoms with Crippen LogP contribution in [0.15, 0.2) is 91.0 Å². The van der Waals surface area contributed by atoms with Crippen LogP contribution in [0.4, 0.5) is 11.4 Å². The lowest BCUT2D eigenvalue weighted by Gasteiger charge is -2.45. The van der Waals surface area contributed by atoms with Gasteiger partial charge in [0, 0.05) is 5.69 Å². The smallest absolute Gasteiger partial charge is 0.264 e. The molecule has 0 unspecified atom stereocenters. The van der Waals surface area contributed by atoms with E-state index in [2.05, 4.69) is 10.9 Å².